The van der Waals surface area contributed by atoms with Crippen LogP contribution in [-0.4, -0.2) is 36.9 Å². The first-order valence-corrected chi connectivity index (χ1v) is 5.94. The van der Waals surface area contributed by atoms with Crippen LogP contribution in [0.3, 0.4) is 0 Å². The van der Waals surface area contributed by atoms with E-state index in [1.165, 1.54) is 12.8 Å². The third-order valence-electron chi connectivity index (χ3n) is 3.02. The van der Waals surface area contributed by atoms with Gasteiger partial charge in [0.1, 0.15) is 0 Å². The Hall–Kier alpha value is -0.840. The van der Waals surface area contributed by atoms with E-state index in [-0.39, 0.29) is 18.2 Å². The number of hydrogen-bond acceptors (Lipinski definition) is 3. The molecule has 0 aromatic carbocycles. The van der Waals surface area contributed by atoms with Crippen LogP contribution >= 0.6 is 12.4 Å². The molecule has 1 aromatic rings. The summed E-state index contributed by atoms with van der Waals surface area (Å²) in [6.07, 6.45) is 4.28. The molecule has 2 heterocycles. The summed E-state index contributed by atoms with van der Waals surface area (Å²) in [5.74, 6) is 0.805. The molecule has 4 nitrogen and oxygen atoms in total. The van der Waals surface area contributed by atoms with E-state index in [4.69, 9.17) is 0 Å². The van der Waals surface area contributed by atoms with Gasteiger partial charge in [-0.25, -0.2) is 0 Å². The Morgan fingerprint density at radius 1 is 1.53 bits per heavy atom. The summed E-state index contributed by atoms with van der Waals surface area (Å²) in [5, 5.41) is 6.60. The fraction of sp³-hybridized carbons (Fsp3) is 0.583. The van der Waals surface area contributed by atoms with Gasteiger partial charge in [0.05, 0.1) is 12.2 Å². The molecular formula is C12H20ClN3O. The summed E-state index contributed by atoms with van der Waals surface area (Å²) in [5.41, 5.74) is 0.689. The highest BCUT2D eigenvalue weighted by atomic mass is 35.5. The van der Waals surface area contributed by atoms with Crippen LogP contribution in [0.1, 0.15) is 23.3 Å². The van der Waals surface area contributed by atoms with Gasteiger partial charge in [-0.3, -0.25) is 4.79 Å². The Morgan fingerprint density at radius 3 is 3.06 bits per heavy atom. The van der Waals surface area contributed by atoms with E-state index >= 15 is 0 Å². The van der Waals surface area contributed by atoms with Gasteiger partial charge in [0.15, 0.2) is 5.78 Å². The normalized spacial score (nSPS) is 19.6. The Labute approximate surface area is 108 Å². The highest BCUT2D eigenvalue weighted by Gasteiger charge is 2.13. The van der Waals surface area contributed by atoms with Crippen molar-refractivity contribution in [3.8, 4) is 0 Å². The molecule has 0 saturated carbocycles. The molecule has 1 unspecified atom stereocenters. The number of hydrogen-bond donors (Lipinski definition) is 3. The van der Waals surface area contributed by atoms with E-state index in [9.17, 15) is 4.79 Å². The number of carbonyl (C=O) groups is 1. The van der Waals surface area contributed by atoms with E-state index in [2.05, 4.69) is 15.6 Å². The fourth-order valence-corrected chi connectivity index (χ4v) is 2.09. The number of H-pyrrole nitrogens is 1. The molecule has 0 bridgehead atoms. The van der Waals surface area contributed by atoms with Crippen LogP contribution in [0.15, 0.2) is 18.3 Å². The van der Waals surface area contributed by atoms with Crippen molar-refractivity contribution < 1.29 is 4.79 Å². The van der Waals surface area contributed by atoms with Crippen molar-refractivity contribution in [2.75, 3.05) is 26.2 Å². The van der Waals surface area contributed by atoms with Crippen LogP contribution in [0.5, 0.6) is 0 Å². The summed E-state index contributed by atoms with van der Waals surface area (Å²) in [6, 6.07) is 3.66. The lowest BCUT2D eigenvalue weighted by Gasteiger charge is -2.22. The monoisotopic (exact) mass is 257 g/mol. The van der Waals surface area contributed by atoms with Gasteiger partial charge in [0.2, 0.25) is 0 Å². The van der Waals surface area contributed by atoms with Crippen molar-refractivity contribution in [2.24, 2.45) is 5.92 Å². The number of Topliss-reactive ketones (excluding diaryl/α,β-unsaturated/α-hetero) is 1. The number of ketones is 1. The molecule has 0 spiro atoms. The average Bonchev–Trinajstić information content (AvgIpc) is 2.84. The molecule has 5 heteroatoms. The second-order valence-corrected chi connectivity index (χ2v) is 4.35. The van der Waals surface area contributed by atoms with Crippen molar-refractivity contribution >= 4 is 18.2 Å². The Bertz CT molecular complexity index is 321. The van der Waals surface area contributed by atoms with Crippen LogP contribution in [0.2, 0.25) is 0 Å². The highest BCUT2D eigenvalue weighted by Crippen LogP contribution is 2.08. The number of aromatic amines is 1. The molecule has 1 aliphatic heterocycles. The zero-order valence-corrected chi connectivity index (χ0v) is 10.7. The van der Waals surface area contributed by atoms with Crippen LogP contribution in [-0.2, 0) is 0 Å². The summed E-state index contributed by atoms with van der Waals surface area (Å²) in [6.45, 7) is 3.57. The van der Waals surface area contributed by atoms with Crippen molar-refractivity contribution in [1.29, 1.82) is 0 Å². The predicted molar refractivity (Wildman–Crippen MR) is 70.8 cm³/mol. The van der Waals surface area contributed by atoms with Gasteiger partial charge in [0, 0.05) is 6.20 Å². The second kappa shape index (κ2) is 7.48. The van der Waals surface area contributed by atoms with Gasteiger partial charge in [-0.1, -0.05) is 0 Å². The maximum absolute atomic E-state index is 11.6. The first-order valence-electron chi connectivity index (χ1n) is 5.94. The van der Waals surface area contributed by atoms with E-state index < -0.39 is 0 Å². The maximum atomic E-state index is 11.6. The van der Waals surface area contributed by atoms with Crippen molar-refractivity contribution in [3.63, 3.8) is 0 Å². The smallest absolute Gasteiger partial charge is 0.192 e. The summed E-state index contributed by atoms with van der Waals surface area (Å²) < 4.78 is 0. The minimum absolute atomic E-state index is 0. The van der Waals surface area contributed by atoms with Crippen LogP contribution in [0.4, 0.5) is 0 Å². The third kappa shape index (κ3) is 4.50. The molecule has 1 atom stereocenters. The summed E-state index contributed by atoms with van der Waals surface area (Å²) in [4.78, 5) is 14.6. The molecule has 17 heavy (non-hydrogen) atoms. The quantitative estimate of drug-likeness (QED) is 0.695. The first kappa shape index (κ1) is 14.2. The third-order valence-corrected chi connectivity index (χ3v) is 3.02. The standard InChI is InChI=1S/C12H19N3O.ClH/c16-12(11-4-2-6-15-11)9-14-8-10-3-1-5-13-7-10;/h2,4,6,10,13-15H,1,3,5,7-9H2;1H. The fourth-order valence-electron chi connectivity index (χ4n) is 2.09. The number of rotatable bonds is 5. The minimum atomic E-state index is 0. The van der Waals surface area contributed by atoms with Crippen LogP contribution in [0, 0.1) is 5.92 Å². The molecule has 0 radical (unpaired) electrons. The number of aromatic nitrogens is 1. The van der Waals surface area contributed by atoms with Gasteiger partial charge < -0.3 is 15.6 Å². The largest absolute Gasteiger partial charge is 0.359 e. The summed E-state index contributed by atoms with van der Waals surface area (Å²) in [7, 11) is 0. The Morgan fingerprint density at radius 2 is 2.41 bits per heavy atom. The van der Waals surface area contributed by atoms with Crippen LogP contribution in [0.25, 0.3) is 0 Å². The molecule has 1 aliphatic rings. The number of nitrogens with one attached hydrogen (secondary N) is 3. The lowest BCUT2D eigenvalue weighted by molar-refractivity contribution is 0.0985. The highest BCUT2D eigenvalue weighted by molar-refractivity contribution is 5.95. The van der Waals surface area contributed by atoms with Crippen molar-refractivity contribution in [3.05, 3.63) is 24.0 Å². The zero-order chi connectivity index (χ0) is 11.2. The first-order chi connectivity index (χ1) is 7.86. The lowest BCUT2D eigenvalue weighted by atomic mass is 10.00. The molecule has 1 saturated heterocycles. The number of halogens is 1. The van der Waals surface area contributed by atoms with Crippen LogP contribution < -0.4 is 10.6 Å². The second-order valence-electron chi connectivity index (χ2n) is 4.35. The SMILES string of the molecule is Cl.O=C(CNCC1CCCNC1)c1ccc[nH]1. The zero-order valence-electron chi connectivity index (χ0n) is 9.87. The predicted octanol–water partition coefficient (Wildman–Crippen LogP) is 1.21. The van der Waals surface area contributed by atoms with Gasteiger partial charge in [-0.15, -0.1) is 12.4 Å². The minimum Gasteiger partial charge on any atom is -0.359 e. The number of carbonyl (C=O) groups excluding carboxylic acids is 1. The van der Waals surface area contributed by atoms with Gasteiger partial charge in [0.25, 0.3) is 0 Å². The molecule has 1 aromatic heterocycles. The Balaban J connectivity index is 0.00000144. The molecule has 0 aliphatic carbocycles. The maximum Gasteiger partial charge on any atom is 0.192 e. The molecule has 2 rings (SSSR count). The molecular weight excluding hydrogens is 238 g/mol. The van der Waals surface area contributed by atoms with Crippen molar-refractivity contribution in [1.82, 2.24) is 15.6 Å². The molecule has 1 fully saturated rings. The lowest BCUT2D eigenvalue weighted by Crippen LogP contribution is -2.37. The van der Waals surface area contributed by atoms with Gasteiger partial charge >= 0.3 is 0 Å². The number of piperidine rings is 1. The van der Waals surface area contributed by atoms with Crippen molar-refractivity contribution in [2.45, 2.75) is 12.8 Å². The summed E-state index contributed by atoms with van der Waals surface area (Å²) >= 11 is 0. The van der Waals surface area contributed by atoms with Gasteiger partial charge in [-0.05, 0) is 50.5 Å². The van der Waals surface area contributed by atoms with E-state index in [0.717, 1.165) is 19.6 Å². The molecule has 0 amide bonds. The molecule has 96 valence electrons. The Kier molecular flexibility index (Phi) is 6.26. The topological polar surface area (TPSA) is 56.9 Å². The molecule has 3 N–H and O–H groups in total. The average molecular weight is 258 g/mol. The van der Waals surface area contributed by atoms with Gasteiger partial charge in [-0.2, -0.15) is 0 Å². The van der Waals surface area contributed by atoms with E-state index in [0.29, 0.717) is 18.2 Å². The van der Waals surface area contributed by atoms with E-state index in [1.54, 1.807) is 6.20 Å². The van der Waals surface area contributed by atoms with E-state index in [1.807, 2.05) is 12.1 Å².